The second kappa shape index (κ2) is 15.8. The van der Waals surface area contributed by atoms with E-state index in [-0.39, 0.29) is 0 Å². The number of hydrogen-bond acceptors (Lipinski definition) is 5. The quantitative estimate of drug-likeness (QED) is 0.215. The molecule has 0 aromatic heterocycles. The summed E-state index contributed by atoms with van der Waals surface area (Å²) in [6.07, 6.45) is 9.88. The van der Waals surface area contributed by atoms with Gasteiger partial charge in [-0.15, -0.1) is 0 Å². The van der Waals surface area contributed by atoms with Crippen molar-refractivity contribution in [2.75, 3.05) is 33.5 Å². The molecule has 1 unspecified atom stereocenters. The lowest BCUT2D eigenvalue weighted by Crippen LogP contribution is -2.62. The highest BCUT2D eigenvalue weighted by atomic mass is 16.9. The van der Waals surface area contributed by atoms with Crippen LogP contribution in [0.2, 0.25) is 0 Å². The molecule has 0 N–H and O–H groups in total. The Kier molecular flexibility index (Phi) is 15.7. The summed E-state index contributed by atoms with van der Waals surface area (Å²) in [5.74, 6) is -2.40. The van der Waals surface area contributed by atoms with Crippen molar-refractivity contribution in [3.05, 3.63) is 0 Å². The molecule has 0 rings (SSSR count). The van der Waals surface area contributed by atoms with Crippen molar-refractivity contribution in [1.82, 2.24) is 0 Å². The minimum absolute atomic E-state index is 0.457. The summed E-state index contributed by atoms with van der Waals surface area (Å²) in [4.78, 5) is 0. The third-order valence-corrected chi connectivity index (χ3v) is 4.49. The lowest BCUT2D eigenvalue weighted by atomic mass is 10.0. The second-order valence-electron chi connectivity index (χ2n) is 6.53. The molecule has 0 aliphatic rings. The molecule has 0 saturated carbocycles. The molecule has 5 heteroatoms. The van der Waals surface area contributed by atoms with Crippen LogP contribution in [-0.2, 0) is 23.7 Å². The molecule has 0 aromatic rings. The molecule has 0 aliphatic carbocycles. The Morgan fingerprint density at radius 1 is 0.577 bits per heavy atom. The summed E-state index contributed by atoms with van der Waals surface area (Å²) in [6, 6.07) is 0. The van der Waals surface area contributed by atoms with Gasteiger partial charge in [0.05, 0.1) is 6.61 Å². The van der Waals surface area contributed by atoms with Gasteiger partial charge in [-0.25, -0.2) is 0 Å². The molecule has 0 bridgehead atoms. The van der Waals surface area contributed by atoms with Gasteiger partial charge in [-0.05, 0) is 33.6 Å². The van der Waals surface area contributed by atoms with Crippen molar-refractivity contribution in [3.8, 4) is 0 Å². The number of methoxy groups -OCH3 is 1. The van der Waals surface area contributed by atoms with E-state index in [9.17, 15) is 0 Å². The van der Waals surface area contributed by atoms with E-state index in [2.05, 4.69) is 13.8 Å². The van der Waals surface area contributed by atoms with Crippen LogP contribution >= 0.6 is 0 Å². The number of unbranched alkanes of at least 4 members (excludes halogenated alkanes) is 6. The van der Waals surface area contributed by atoms with E-state index < -0.39 is 11.8 Å². The Bertz CT molecular complexity index is 294. The molecule has 0 spiro atoms. The maximum absolute atomic E-state index is 6.27. The normalized spacial score (nSPS) is 14.5. The summed E-state index contributed by atoms with van der Waals surface area (Å²) in [5.41, 5.74) is 0. The molecule has 0 fully saturated rings. The average Bonchev–Trinajstić information content (AvgIpc) is 2.63. The molecular formula is C21H44O5. The number of rotatable bonds is 19. The largest absolute Gasteiger partial charge is 0.347 e. The summed E-state index contributed by atoms with van der Waals surface area (Å²) < 4.78 is 30.2. The molecule has 0 radical (unpaired) electrons. The number of ether oxygens (including phenoxy) is 5. The second-order valence-corrected chi connectivity index (χ2v) is 6.53. The number of hydrogen-bond donors (Lipinski definition) is 0. The zero-order chi connectivity index (χ0) is 19.7. The first-order chi connectivity index (χ1) is 12.6. The third-order valence-electron chi connectivity index (χ3n) is 4.49. The Labute approximate surface area is 162 Å². The molecule has 0 aliphatic heterocycles. The zero-order valence-corrected chi connectivity index (χ0v) is 18.2. The van der Waals surface area contributed by atoms with Gasteiger partial charge in [-0.1, -0.05) is 52.4 Å². The Balaban J connectivity index is 5.30. The lowest BCUT2D eigenvalue weighted by molar-refractivity contribution is -0.494. The predicted octanol–water partition coefficient (Wildman–Crippen LogP) is 5.66. The summed E-state index contributed by atoms with van der Waals surface area (Å²) >= 11 is 0. The van der Waals surface area contributed by atoms with E-state index in [0.717, 1.165) is 25.7 Å². The fraction of sp³-hybridized carbons (Fsp3) is 1.00. The summed E-state index contributed by atoms with van der Waals surface area (Å²) in [7, 11) is 1.66. The maximum Gasteiger partial charge on any atom is 0.340 e. The molecule has 0 amide bonds. The Hall–Kier alpha value is -0.200. The van der Waals surface area contributed by atoms with Crippen molar-refractivity contribution in [2.24, 2.45) is 0 Å². The lowest BCUT2D eigenvalue weighted by Gasteiger charge is -2.46. The van der Waals surface area contributed by atoms with Gasteiger partial charge in [0, 0.05) is 33.4 Å². The molecule has 26 heavy (non-hydrogen) atoms. The first kappa shape index (κ1) is 25.8. The van der Waals surface area contributed by atoms with Crippen LogP contribution in [0.5, 0.6) is 0 Å². The highest BCUT2D eigenvalue weighted by molar-refractivity contribution is 4.83. The molecule has 0 heterocycles. The van der Waals surface area contributed by atoms with Crippen molar-refractivity contribution in [2.45, 2.75) is 104 Å². The highest BCUT2D eigenvalue weighted by Gasteiger charge is 2.57. The standard InChI is InChI=1S/C21H44O5/c1-7-12-14-15-16-17-18-20(22-6,26-19-13-8-2)21(23-9-3,24-10-4)25-11-5/h7-19H2,1-6H3. The van der Waals surface area contributed by atoms with Crippen LogP contribution in [0.4, 0.5) is 0 Å². The van der Waals surface area contributed by atoms with Gasteiger partial charge in [0.25, 0.3) is 5.79 Å². The molecule has 158 valence electrons. The molecule has 0 aromatic carbocycles. The Morgan fingerprint density at radius 3 is 1.54 bits per heavy atom. The van der Waals surface area contributed by atoms with Crippen molar-refractivity contribution < 1.29 is 23.7 Å². The van der Waals surface area contributed by atoms with Gasteiger partial charge >= 0.3 is 5.97 Å². The van der Waals surface area contributed by atoms with Gasteiger partial charge in [0.1, 0.15) is 0 Å². The summed E-state index contributed by atoms with van der Waals surface area (Å²) in [5, 5.41) is 0. The maximum atomic E-state index is 6.27. The van der Waals surface area contributed by atoms with Gasteiger partial charge in [-0.2, -0.15) is 0 Å². The van der Waals surface area contributed by atoms with Crippen LogP contribution in [-0.4, -0.2) is 45.3 Å². The SMILES string of the molecule is CCCCCCCCC(OC)(OCCCC)C(OCC)(OCC)OCC. The van der Waals surface area contributed by atoms with Gasteiger partial charge in [-0.3, -0.25) is 0 Å². The van der Waals surface area contributed by atoms with Crippen LogP contribution in [0.15, 0.2) is 0 Å². The van der Waals surface area contributed by atoms with E-state index in [0.29, 0.717) is 32.8 Å². The fourth-order valence-corrected chi connectivity index (χ4v) is 3.14. The minimum Gasteiger partial charge on any atom is -0.347 e. The first-order valence-electron chi connectivity index (χ1n) is 10.7. The molecule has 1 atom stereocenters. The van der Waals surface area contributed by atoms with Gasteiger partial charge in [0.2, 0.25) is 0 Å². The monoisotopic (exact) mass is 376 g/mol. The van der Waals surface area contributed by atoms with Crippen LogP contribution in [0.1, 0.15) is 92.4 Å². The van der Waals surface area contributed by atoms with Crippen LogP contribution in [0.3, 0.4) is 0 Å². The molecular weight excluding hydrogens is 332 g/mol. The first-order valence-corrected chi connectivity index (χ1v) is 10.7. The topological polar surface area (TPSA) is 46.2 Å². The van der Waals surface area contributed by atoms with E-state index in [1.807, 2.05) is 20.8 Å². The van der Waals surface area contributed by atoms with Crippen molar-refractivity contribution in [3.63, 3.8) is 0 Å². The van der Waals surface area contributed by atoms with Gasteiger partial charge in [0.15, 0.2) is 0 Å². The minimum atomic E-state index is -1.34. The smallest absolute Gasteiger partial charge is 0.340 e. The fourth-order valence-electron chi connectivity index (χ4n) is 3.14. The molecule has 5 nitrogen and oxygen atoms in total. The third kappa shape index (κ3) is 8.22. The van der Waals surface area contributed by atoms with Crippen molar-refractivity contribution >= 4 is 0 Å². The van der Waals surface area contributed by atoms with Crippen LogP contribution < -0.4 is 0 Å². The Morgan fingerprint density at radius 2 is 1.08 bits per heavy atom. The van der Waals surface area contributed by atoms with Crippen molar-refractivity contribution in [1.29, 1.82) is 0 Å². The highest BCUT2D eigenvalue weighted by Crippen LogP contribution is 2.38. The predicted molar refractivity (Wildman–Crippen MR) is 106 cm³/mol. The van der Waals surface area contributed by atoms with Crippen LogP contribution in [0, 0.1) is 0 Å². The van der Waals surface area contributed by atoms with E-state index >= 15 is 0 Å². The average molecular weight is 377 g/mol. The van der Waals surface area contributed by atoms with Gasteiger partial charge < -0.3 is 23.7 Å². The summed E-state index contributed by atoms with van der Waals surface area (Å²) in [6.45, 7) is 12.1. The van der Waals surface area contributed by atoms with E-state index in [4.69, 9.17) is 23.7 Å². The molecule has 0 saturated heterocycles. The van der Waals surface area contributed by atoms with E-state index in [1.165, 1.54) is 25.7 Å². The zero-order valence-electron chi connectivity index (χ0n) is 18.2. The van der Waals surface area contributed by atoms with Crippen LogP contribution in [0.25, 0.3) is 0 Å². The van der Waals surface area contributed by atoms with E-state index in [1.54, 1.807) is 7.11 Å².